The van der Waals surface area contributed by atoms with E-state index in [9.17, 15) is 17.2 Å². The Morgan fingerprint density at radius 1 is 1.22 bits per heavy atom. The molecule has 1 atom stereocenters. The van der Waals surface area contributed by atoms with Crippen molar-refractivity contribution in [3.63, 3.8) is 0 Å². The highest BCUT2D eigenvalue weighted by Crippen LogP contribution is 2.43. The summed E-state index contributed by atoms with van der Waals surface area (Å²) >= 11 is 0. The number of sulfonamides is 1. The van der Waals surface area contributed by atoms with E-state index in [1.54, 1.807) is 13.8 Å². The third-order valence-electron chi connectivity index (χ3n) is 5.58. The molecular formula is C17H28F2N4O3S. The zero-order valence-corrected chi connectivity index (χ0v) is 16.6. The number of halogens is 2. The molecule has 2 N–H and O–H groups in total. The molecule has 27 heavy (non-hydrogen) atoms. The molecule has 1 heterocycles. The summed E-state index contributed by atoms with van der Waals surface area (Å²) in [7, 11) is -3.23. The Bertz CT molecular complexity index is 730. The summed E-state index contributed by atoms with van der Waals surface area (Å²) in [5, 5.41) is 6.62. The van der Waals surface area contributed by atoms with E-state index >= 15 is 0 Å². The summed E-state index contributed by atoms with van der Waals surface area (Å²) < 4.78 is 58.2. The SMILES string of the molecule is CC(C)S(=O)(=O)NCC1CCC(Nc2nc(C3CCC(F)(F)C3)no2)CC1. The maximum atomic E-state index is 13.3. The van der Waals surface area contributed by atoms with Gasteiger partial charge in [0.1, 0.15) is 0 Å². The van der Waals surface area contributed by atoms with Crippen molar-refractivity contribution in [1.82, 2.24) is 14.9 Å². The molecule has 7 nitrogen and oxygen atoms in total. The normalized spacial score (nSPS) is 28.6. The van der Waals surface area contributed by atoms with Crippen molar-refractivity contribution in [2.24, 2.45) is 5.92 Å². The van der Waals surface area contributed by atoms with Crippen LogP contribution >= 0.6 is 0 Å². The van der Waals surface area contributed by atoms with Crippen molar-refractivity contribution in [1.29, 1.82) is 0 Å². The number of anilines is 1. The average Bonchev–Trinajstić information content (AvgIpc) is 3.20. The maximum absolute atomic E-state index is 13.3. The summed E-state index contributed by atoms with van der Waals surface area (Å²) in [6.45, 7) is 3.79. The standard InChI is InChI=1S/C17H28F2N4O3S/c1-11(2)27(24,25)20-10-12-3-5-14(6-4-12)21-16-22-15(23-26-16)13-7-8-17(18,19)9-13/h11-14,20H,3-10H2,1-2H3,(H,21,22,23). The Balaban J connectivity index is 1.43. The van der Waals surface area contributed by atoms with Crippen LogP contribution in [0.3, 0.4) is 0 Å². The summed E-state index contributed by atoms with van der Waals surface area (Å²) in [4.78, 5) is 4.25. The van der Waals surface area contributed by atoms with Crippen LogP contribution in [0.25, 0.3) is 0 Å². The molecule has 0 aromatic carbocycles. The van der Waals surface area contributed by atoms with Crippen molar-refractivity contribution in [3.05, 3.63) is 5.82 Å². The number of nitrogens with zero attached hydrogens (tertiary/aromatic N) is 2. The van der Waals surface area contributed by atoms with E-state index in [2.05, 4.69) is 20.2 Å². The van der Waals surface area contributed by atoms with Crippen LogP contribution in [0.4, 0.5) is 14.8 Å². The Kier molecular flexibility index (Phi) is 6.05. The fourth-order valence-corrected chi connectivity index (χ4v) is 4.52. The van der Waals surface area contributed by atoms with Gasteiger partial charge in [0.15, 0.2) is 5.82 Å². The molecule has 2 fully saturated rings. The van der Waals surface area contributed by atoms with Crippen molar-refractivity contribution < 1.29 is 21.7 Å². The van der Waals surface area contributed by atoms with Crippen molar-refractivity contribution in [3.8, 4) is 0 Å². The third-order valence-corrected chi connectivity index (χ3v) is 7.39. The Morgan fingerprint density at radius 2 is 1.93 bits per heavy atom. The second kappa shape index (κ2) is 7.98. The van der Waals surface area contributed by atoms with E-state index in [4.69, 9.17) is 4.52 Å². The van der Waals surface area contributed by atoms with Gasteiger partial charge < -0.3 is 9.84 Å². The first-order valence-corrected chi connectivity index (χ1v) is 11.2. The Morgan fingerprint density at radius 3 is 2.52 bits per heavy atom. The van der Waals surface area contributed by atoms with E-state index in [0.29, 0.717) is 24.7 Å². The van der Waals surface area contributed by atoms with Gasteiger partial charge >= 0.3 is 6.01 Å². The number of hydrogen-bond donors (Lipinski definition) is 2. The monoisotopic (exact) mass is 406 g/mol. The van der Waals surface area contributed by atoms with Crippen LogP contribution in [-0.2, 0) is 10.0 Å². The minimum atomic E-state index is -3.23. The molecule has 2 saturated carbocycles. The van der Waals surface area contributed by atoms with Crippen LogP contribution in [0.1, 0.15) is 70.5 Å². The molecule has 1 unspecified atom stereocenters. The predicted molar refractivity (Wildman–Crippen MR) is 97.3 cm³/mol. The van der Waals surface area contributed by atoms with Gasteiger partial charge in [-0.05, 0) is 51.9 Å². The smallest absolute Gasteiger partial charge is 0.321 e. The number of hydrogen-bond acceptors (Lipinski definition) is 6. The highest BCUT2D eigenvalue weighted by atomic mass is 32.2. The minimum absolute atomic E-state index is 0.125. The molecule has 10 heteroatoms. The van der Waals surface area contributed by atoms with E-state index in [-0.39, 0.29) is 30.8 Å². The second-order valence-corrected chi connectivity index (χ2v) is 10.4. The first kappa shape index (κ1) is 20.4. The highest BCUT2D eigenvalue weighted by Gasteiger charge is 2.42. The lowest BCUT2D eigenvalue weighted by molar-refractivity contribution is 0.00749. The first-order valence-electron chi connectivity index (χ1n) is 9.61. The van der Waals surface area contributed by atoms with Gasteiger partial charge in [-0.2, -0.15) is 4.98 Å². The quantitative estimate of drug-likeness (QED) is 0.721. The lowest BCUT2D eigenvalue weighted by Gasteiger charge is -2.28. The van der Waals surface area contributed by atoms with Gasteiger partial charge in [-0.25, -0.2) is 21.9 Å². The molecule has 3 rings (SSSR count). The number of nitrogens with one attached hydrogen (secondary N) is 2. The van der Waals surface area contributed by atoms with Crippen LogP contribution in [0.5, 0.6) is 0 Å². The van der Waals surface area contributed by atoms with Crippen LogP contribution in [0.2, 0.25) is 0 Å². The minimum Gasteiger partial charge on any atom is -0.335 e. The Hall–Kier alpha value is -1.29. The van der Waals surface area contributed by atoms with E-state index in [1.165, 1.54) is 0 Å². The molecule has 1 aromatic rings. The van der Waals surface area contributed by atoms with Crippen LogP contribution in [0.15, 0.2) is 4.52 Å². The van der Waals surface area contributed by atoms with Crippen molar-refractivity contribution in [2.75, 3.05) is 11.9 Å². The third kappa shape index (κ3) is 5.37. The largest absolute Gasteiger partial charge is 0.335 e. The molecule has 2 aliphatic carbocycles. The van der Waals surface area contributed by atoms with Gasteiger partial charge in [0, 0.05) is 31.3 Å². The van der Waals surface area contributed by atoms with Crippen molar-refractivity contribution >= 4 is 16.0 Å². The predicted octanol–water partition coefficient (Wildman–Crippen LogP) is 3.27. The molecule has 2 aliphatic rings. The van der Waals surface area contributed by atoms with Crippen molar-refractivity contribution in [2.45, 2.75) is 81.9 Å². The Labute approximate surface area is 158 Å². The molecule has 0 aliphatic heterocycles. The average molecular weight is 406 g/mol. The van der Waals surface area contributed by atoms with Gasteiger partial charge in [-0.3, -0.25) is 0 Å². The number of rotatable bonds is 7. The molecule has 0 bridgehead atoms. The van der Waals surface area contributed by atoms with E-state index < -0.39 is 21.2 Å². The lowest BCUT2D eigenvalue weighted by atomic mass is 9.86. The van der Waals surface area contributed by atoms with Crippen LogP contribution in [-0.4, -0.2) is 42.3 Å². The second-order valence-electron chi connectivity index (χ2n) is 8.06. The topological polar surface area (TPSA) is 97.1 Å². The van der Waals surface area contributed by atoms with Crippen LogP contribution < -0.4 is 10.0 Å². The number of aromatic nitrogens is 2. The zero-order chi connectivity index (χ0) is 19.7. The summed E-state index contributed by atoms with van der Waals surface area (Å²) in [5.74, 6) is -2.31. The summed E-state index contributed by atoms with van der Waals surface area (Å²) in [5.41, 5.74) is 0. The molecule has 154 valence electrons. The lowest BCUT2D eigenvalue weighted by Crippen LogP contribution is -2.37. The summed E-state index contributed by atoms with van der Waals surface area (Å²) in [6.07, 6.45) is 3.56. The zero-order valence-electron chi connectivity index (χ0n) is 15.7. The molecular weight excluding hydrogens is 378 g/mol. The van der Waals surface area contributed by atoms with Crippen LogP contribution in [0, 0.1) is 5.92 Å². The number of alkyl halides is 2. The van der Waals surface area contributed by atoms with Gasteiger partial charge in [-0.15, -0.1) is 0 Å². The fraction of sp³-hybridized carbons (Fsp3) is 0.882. The molecule has 0 spiro atoms. The molecule has 0 amide bonds. The first-order chi connectivity index (χ1) is 12.6. The summed E-state index contributed by atoms with van der Waals surface area (Å²) in [6, 6.07) is 0.449. The van der Waals surface area contributed by atoms with Gasteiger partial charge in [0.2, 0.25) is 15.9 Å². The highest BCUT2D eigenvalue weighted by molar-refractivity contribution is 7.90. The van der Waals surface area contributed by atoms with Gasteiger partial charge in [0.05, 0.1) is 5.25 Å². The van der Waals surface area contributed by atoms with E-state index in [1.807, 2.05) is 0 Å². The fourth-order valence-electron chi connectivity index (χ4n) is 3.72. The van der Waals surface area contributed by atoms with E-state index in [0.717, 1.165) is 25.7 Å². The maximum Gasteiger partial charge on any atom is 0.321 e. The molecule has 1 aromatic heterocycles. The molecule has 0 radical (unpaired) electrons. The molecule has 0 saturated heterocycles. The van der Waals surface area contributed by atoms with Gasteiger partial charge in [-0.1, -0.05) is 5.16 Å². The van der Waals surface area contributed by atoms with Gasteiger partial charge in [0.25, 0.3) is 0 Å².